The molecule has 0 spiro atoms. The molecule has 1 aromatic carbocycles. The Morgan fingerprint density at radius 2 is 1.64 bits per heavy atom. The standard InChI is InChI=1S/C34H46F2N6O5/c1-4-28(44)39-29(32(46)42-18-16-41(3)17-19-42)22(2)23-10-13-26(14-11-23)38-31(45)30(24-8-6-5-7-9-24)40-33(47)34(35,36)25-12-15-27(21-43)37-20-25/h10-15,20,22,24,29-30,43H,4-9,16-19,21H2,1-3H3,(H,38,45)(H,39,44)(H,40,47). The van der Waals surface area contributed by atoms with E-state index in [1.807, 2.05) is 14.0 Å². The van der Waals surface area contributed by atoms with Crippen molar-refractivity contribution < 1.29 is 33.1 Å². The average Bonchev–Trinajstić information content (AvgIpc) is 3.09. The van der Waals surface area contributed by atoms with Crippen molar-refractivity contribution in [2.24, 2.45) is 5.92 Å². The van der Waals surface area contributed by atoms with Crippen LogP contribution in [-0.2, 0) is 31.7 Å². The van der Waals surface area contributed by atoms with Crippen molar-refractivity contribution in [1.29, 1.82) is 0 Å². The van der Waals surface area contributed by atoms with Crippen molar-refractivity contribution in [2.45, 2.75) is 82.9 Å². The fraction of sp³-hybridized carbons (Fsp3) is 0.559. The lowest BCUT2D eigenvalue weighted by Gasteiger charge is -2.36. The van der Waals surface area contributed by atoms with E-state index in [0.29, 0.717) is 31.6 Å². The van der Waals surface area contributed by atoms with Crippen LogP contribution in [0.2, 0.25) is 0 Å². The fourth-order valence-corrected chi connectivity index (χ4v) is 6.11. The van der Waals surface area contributed by atoms with Crippen molar-refractivity contribution >= 4 is 29.3 Å². The molecule has 2 fully saturated rings. The summed E-state index contributed by atoms with van der Waals surface area (Å²) < 4.78 is 30.4. The van der Waals surface area contributed by atoms with Crippen LogP contribution in [0.25, 0.3) is 0 Å². The van der Waals surface area contributed by atoms with Gasteiger partial charge in [-0.05, 0) is 55.6 Å². The summed E-state index contributed by atoms with van der Waals surface area (Å²) in [4.78, 5) is 60.0. The molecule has 2 aromatic rings. The highest BCUT2D eigenvalue weighted by atomic mass is 19.3. The summed E-state index contributed by atoms with van der Waals surface area (Å²) in [5, 5.41) is 17.2. The average molecular weight is 657 g/mol. The number of aliphatic hydroxyl groups excluding tert-OH is 1. The number of alkyl halides is 2. The minimum Gasteiger partial charge on any atom is -0.390 e. The molecule has 2 heterocycles. The van der Waals surface area contributed by atoms with E-state index in [1.165, 1.54) is 6.07 Å². The second-order valence-electron chi connectivity index (χ2n) is 12.5. The van der Waals surface area contributed by atoms with Gasteiger partial charge in [-0.2, -0.15) is 8.78 Å². The lowest BCUT2D eigenvalue weighted by Crippen LogP contribution is -2.55. The maximum atomic E-state index is 15.2. The Morgan fingerprint density at radius 1 is 0.979 bits per heavy atom. The van der Waals surface area contributed by atoms with E-state index in [1.54, 1.807) is 36.1 Å². The van der Waals surface area contributed by atoms with Gasteiger partial charge in [0.1, 0.15) is 12.1 Å². The highest BCUT2D eigenvalue weighted by Crippen LogP contribution is 2.31. The van der Waals surface area contributed by atoms with Gasteiger partial charge < -0.3 is 30.9 Å². The first-order valence-electron chi connectivity index (χ1n) is 16.4. The summed E-state index contributed by atoms with van der Waals surface area (Å²) in [7, 11) is 2.00. The maximum Gasteiger partial charge on any atom is 0.351 e. The Labute approximate surface area is 274 Å². The molecule has 4 rings (SSSR count). The molecule has 3 atom stereocenters. The fourth-order valence-electron chi connectivity index (χ4n) is 6.11. The quantitative estimate of drug-likeness (QED) is 0.275. The van der Waals surface area contributed by atoms with Gasteiger partial charge in [-0.3, -0.25) is 24.2 Å². The number of hydrogen-bond acceptors (Lipinski definition) is 7. The number of likely N-dealkylation sites (N-methyl/N-ethyl adjacent to an activating group) is 1. The number of nitrogens with zero attached hydrogens (tertiary/aromatic N) is 3. The lowest BCUT2D eigenvalue weighted by molar-refractivity contribution is -0.149. The zero-order valence-electron chi connectivity index (χ0n) is 27.3. The van der Waals surface area contributed by atoms with Crippen LogP contribution < -0.4 is 16.0 Å². The maximum absolute atomic E-state index is 15.2. The van der Waals surface area contributed by atoms with E-state index in [9.17, 15) is 19.2 Å². The number of aliphatic hydroxyl groups is 1. The number of halogens is 2. The Hall–Kier alpha value is -3.97. The number of aromatic nitrogens is 1. The first kappa shape index (κ1) is 35.9. The van der Waals surface area contributed by atoms with Crippen LogP contribution in [-0.4, -0.2) is 88.8 Å². The second-order valence-corrected chi connectivity index (χ2v) is 12.5. The lowest BCUT2D eigenvalue weighted by atomic mass is 9.83. The molecule has 4 N–H and O–H groups in total. The third-order valence-corrected chi connectivity index (χ3v) is 9.25. The van der Waals surface area contributed by atoms with Gasteiger partial charge in [0.15, 0.2) is 0 Å². The van der Waals surface area contributed by atoms with Crippen LogP contribution in [0.15, 0.2) is 42.6 Å². The Balaban J connectivity index is 1.48. The van der Waals surface area contributed by atoms with Crippen LogP contribution in [0.3, 0.4) is 0 Å². The Bertz CT molecular complexity index is 1380. The molecule has 1 aliphatic carbocycles. The zero-order chi connectivity index (χ0) is 34.1. The SMILES string of the molecule is CCC(=O)NC(C(=O)N1CCN(C)CC1)C(C)c1ccc(NC(=O)C(NC(=O)C(F)(F)c2ccc(CO)nc2)C2CCCCC2)cc1. The third kappa shape index (κ3) is 9.10. The van der Waals surface area contributed by atoms with Gasteiger partial charge in [0, 0.05) is 56.0 Å². The number of carbonyl (C=O) groups excluding carboxylic acids is 4. The zero-order valence-corrected chi connectivity index (χ0v) is 27.3. The number of pyridine rings is 1. The summed E-state index contributed by atoms with van der Waals surface area (Å²) in [6.45, 7) is 5.81. The van der Waals surface area contributed by atoms with E-state index >= 15 is 8.78 Å². The molecule has 13 heteroatoms. The second kappa shape index (κ2) is 16.2. The molecule has 3 unspecified atom stereocenters. The number of piperazine rings is 1. The highest BCUT2D eigenvalue weighted by Gasteiger charge is 2.44. The molecule has 0 radical (unpaired) electrons. The van der Waals surface area contributed by atoms with Crippen LogP contribution >= 0.6 is 0 Å². The van der Waals surface area contributed by atoms with Crippen molar-refractivity contribution in [3.8, 4) is 0 Å². The number of nitrogens with one attached hydrogen (secondary N) is 3. The minimum absolute atomic E-state index is 0.146. The molecule has 256 valence electrons. The minimum atomic E-state index is -3.95. The first-order valence-corrected chi connectivity index (χ1v) is 16.4. The monoisotopic (exact) mass is 656 g/mol. The van der Waals surface area contributed by atoms with E-state index in [0.717, 1.165) is 50.2 Å². The van der Waals surface area contributed by atoms with E-state index in [2.05, 4.69) is 25.8 Å². The molecule has 2 aliphatic rings. The molecular weight excluding hydrogens is 610 g/mol. The van der Waals surface area contributed by atoms with E-state index in [-0.39, 0.29) is 35.8 Å². The van der Waals surface area contributed by atoms with Gasteiger partial charge in [0.25, 0.3) is 5.91 Å². The van der Waals surface area contributed by atoms with Crippen molar-refractivity contribution in [2.75, 3.05) is 38.5 Å². The van der Waals surface area contributed by atoms with Crippen molar-refractivity contribution in [1.82, 2.24) is 25.4 Å². The van der Waals surface area contributed by atoms with Gasteiger partial charge in [0.05, 0.1) is 12.3 Å². The number of rotatable bonds is 12. The van der Waals surface area contributed by atoms with Gasteiger partial charge in [-0.25, -0.2) is 0 Å². The van der Waals surface area contributed by atoms with Crippen molar-refractivity contribution in [3.63, 3.8) is 0 Å². The van der Waals surface area contributed by atoms with E-state index < -0.39 is 42.0 Å². The largest absolute Gasteiger partial charge is 0.390 e. The molecule has 4 amide bonds. The number of benzene rings is 1. The predicted molar refractivity (Wildman–Crippen MR) is 172 cm³/mol. The Morgan fingerprint density at radius 3 is 2.21 bits per heavy atom. The topological polar surface area (TPSA) is 144 Å². The van der Waals surface area contributed by atoms with Gasteiger partial charge in [-0.1, -0.05) is 45.2 Å². The first-order chi connectivity index (χ1) is 22.4. The normalized spacial score (nSPS) is 18.1. The molecule has 11 nitrogen and oxygen atoms in total. The van der Waals surface area contributed by atoms with Gasteiger partial charge >= 0.3 is 5.92 Å². The number of anilines is 1. The van der Waals surface area contributed by atoms with Crippen LogP contribution in [0.4, 0.5) is 14.5 Å². The Kier molecular flexibility index (Phi) is 12.4. The summed E-state index contributed by atoms with van der Waals surface area (Å²) in [5.41, 5.74) is 0.715. The van der Waals surface area contributed by atoms with Crippen LogP contribution in [0, 0.1) is 5.92 Å². The molecule has 1 aliphatic heterocycles. The third-order valence-electron chi connectivity index (χ3n) is 9.25. The van der Waals surface area contributed by atoms with Gasteiger partial charge in [-0.15, -0.1) is 0 Å². The summed E-state index contributed by atoms with van der Waals surface area (Å²) >= 11 is 0. The predicted octanol–water partition coefficient (Wildman–Crippen LogP) is 3.14. The van der Waals surface area contributed by atoms with Crippen LogP contribution in [0.5, 0.6) is 0 Å². The molecule has 1 aromatic heterocycles. The molecule has 1 saturated carbocycles. The molecular formula is C34H46F2N6O5. The summed E-state index contributed by atoms with van der Waals surface area (Å²) in [6.07, 6.45) is 4.92. The molecule has 1 saturated heterocycles. The number of carbonyl (C=O) groups is 4. The van der Waals surface area contributed by atoms with Crippen LogP contribution in [0.1, 0.15) is 75.1 Å². The van der Waals surface area contributed by atoms with Crippen molar-refractivity contribution in [3.05, 3.63) is 59.4 Å². The molecule has 47 heavy (non-hydrogen) atoms. The highest BCUT2D eigenvalue weighted by molar-refractivity contribution is 5.98. The van der Waals surface area contributed by atoms with E-state index in [4.69, 9.17) is 5.11 Å². The van der Waals surface area contributed by atoms with Gasteiger partial charge in [0.2, 0.25) is 17.7 Å². The summed E-state index contributed by atoms with van der Waals surface area (Å²) in [6, 6.07) is 7.13. The smallest absolute Gasteiger partial charge is 0.351 e. The number of hydrogen-bond donors (Lipinski definition) is 4. The number of amides is 4. The molecule has 0 bridgehead atoms. The summed E-state index contributed by atoms with van der Waals surface area (Å²) in [5.74, 6) is -7.22.